The smallest absolute Gasteiger partial charge is 0.147 e. The molecule has 0 aliphatic carbocycles. The molecule has 0 spiro atoms. The minimum Gasteiger partial charge on any atom is -0.382 e. The van der Waals surface area contributed by atoms with Gasteiger partial charge in [-0.25, -0.2) is 0 Å². The second kappa shape index (κ2) is 5.90. The first-order valence-electron chi connectivity index (χ1n) is 5.87. The van der Waals surface area contributed by atoms with Crippen molar-refractivity contribution in [3.8, 4) is 11.1 Å². The fourth-order valence-electron chi connectivity index (χ4n) is 1.83. The van der Waals surface area contributed by atoms with Gasteiger partial charge in [-0.15, -0.1) is 11.3 Å². The Kier molecular flexibility index (Phi) is 4.00. The highest BCUT2D eigenvalue weighted by Crippen LogP contribution is 2.37. The Balaban J connectivity index is 1.86. The molecule has 0 saturated carbocycles. The molecule has 0 radical (unpaired) electrons. The number of hydrogen-bond donors (Lipinski definition) is 2. The van der Waals surface area contributed by atoms with Gasteiger partial charge < -0.3 is 11.1 Å². The third-order valence-electron chi connectivity index (χ3n) is 2.79. The van der Waals surface area contributed by atoms with Crippen LogP contribution in [0.2, 0.25) is 0 Å². The Bertz CT molecular complexity index is 708. The van der Waals surface area contributed by atoms with Crippen LogP contribution in [0.1, 0.15) is 4.88 Å². The summed E-state index contributed by atoms with van der Waals surface area (Å²) in [4.78, 5) is 5.28. The maximum atomic E-state index is 5.98. The Morgan fingerprint density at radius 1 is 1.25 bits per heavy atom. The highest BCUT2D eigenvalue weighted by molar-refractivity contribution is 9.10. The van der Waals surface area contributed by atoms with E-state index in [1.807, 2.05) is 18.2 Å². The van der Waals surface area contributed by atoms with Gasteiger partial charge >= 0.3 is 0 Å². The zero-order valence-corrected chi connectivity index (χ0v) is 13.6. The Labute approximate surface area is 133 Å². The molecule has 0 aromatic carbocycles. The fourth-order valence-corrected chi connectivity index (χ4v) is 4.00. The summed E-state index contributed by atoms with van der Waals surface area (Å²) in [5.41, 5.74) is 7.96. The molecule has 0 fully saturated rings. The lowest BCUT2D eigenvalue weighted by Crippen LogP contribution is -1.98. The topological polar surface area (TPSA) is 63.8 Å². The van der Waals surface area contributed by atoms with Crippen LogP contribution in [0.4, 0.5) is 10.8 Å². The molecule has 20 heavy (non-hydrogen) atoms. The number of nitrogens with one attached hydrogen (secondary N) is 1. The van der Waals surface area contributed by atoms with Crippen molar-refractivity contribution >= 4 is 49.6 Å². The van der Waals surface area contributed by atoms with Crippen molar-refractivity contribution in [2.75, 3.05) is 11.1 Å². The molecule has 0 aliphatic heterocycles. The Hall–Kier alpha value is -1.44. The first-order valence-corrected chi connectivity index (χ1v) is 8.31. The average Bonchev–Trinajstić information content (AvgIpc) is 3.03. The van der Waals surface area contributed by atoms with Gasteiger partial charge in [0.15, 0.2) is 0 Å². The molecule has 0 amide bonds. The summed E-state index contributed by atoms with van der Waals surface area (Å²) in [6.45, 7) is 0.748. The van der Waals surface area contributed by atoms with Crippen molar-refractivity contribution in [3.05, 3.63) is 45.3 Å². The van der Waals surface area contributed by atoms with Gasteiger partial charge in [0.1, 0.15) is 10.8 Å². The summed E-state index contributed by atoms with van der Waals surface area (Å²) in [5, 5.41) is 6.45. The summed E-state index contributed by atoms with van der Waals surface area (Å²) in [6, 6.07) is 5.92. The quantitative estimate of drug-likeness (QED) is 0.725. The second-order valence-electron chi connectivity index (χ2n) is 4.05. The van der Waals surface area contributed by atoms with E-state index >= 15 is 0 Å². The van der Waals surface area contributed by atoms with Crippen molar-refractivity contribution in [1.82, 2.24) is 9.36 Å². The van der Waals surface area contributed by atoms with E-state index in [9.17, 15) is 0 Å². The molecule has 3 aromatic heterocycles. The fraction of sp³-hybridized carbons (Fsp3) is 0.0769. The van der Waals surface area contributed by atoms with Crippen LogP contribution in [0.25, 0.3) is 11.1 Å². The number of nitrogen functional groups attached to an aromatic ring is 1. The van der Waals surface area contributed by atoms with Crippen LogP contribution in [0, 0.1) is 0 Å². The summed E-state index contributed by atoms with van der Waals surface area (Å²) in [7, 11) is 0. The first kappa shape index (κ1) is 13.5. The van der Waals surface area contributed by atoms with E-state index in [0.29, 0.717) is 5.82 Å². The molecule has 3 N–H and O–H groups in total. The maximum absolute atomic E-state index is 5.98. The monoisotopic (exact) mass is 366 g/mol. The highest BCUT2D eigenvalue weighted by Gasteiger charge is 2.13. The number of nitrogens with zero attached hydrogens (tertiary/aromatic N) is 2. The number of halogens is 1. The van der Waals surface area contributed by atoms with Gasteiger partial charge in [-0.3, -0.25) is 4.98 Å². The lowest BCUT2D eigenvalue weighted by atomic mass is 10.1. The summed E-state index contributed by atoms with van der Waals surface area (Å²) in [6.07, 6.45) is 3.51. The molecule has 3 heterocycles. The van der Waals surface area contributed by atoms with Crippen LogP contribution in [0.3, 0.4) is 0 Å². The molecular weight excluding hydrogens is 356 g/mol. The number of hydrogen-bond acceptors (Lipinski definition) is 6. The van der Waals surface area contributed by atoms with E-state index in [4.69, 9.17) is 5.73 Å². The standard InChI is InChI=1S/C13H11BrN4S2/c14-9-3-6-19-10(9)7-17-13-11(12(15)18-20-13)8-1-4-16-5-2-8/h1-6,17H,7H2,(H2,15,18). The lowest BCUT2D eigenvalue weighted by molar-refractivity contribution is 1.20. The predicted molar refractivity (Wildman–Crippen MR) is 89.1 cm³/mol. The molecule has 0 bridgehead atoms. The maximum Gasteiger partial charge on any atom is 0.147 e. The summed E-state index contributed by atoms with van der Waals surface area (Å²) < 4.78 is 5.37. The zero-order valence-electron chi connectivity index (χ0n) is 10.3. The van der Waals surface area contributed by atoms with Gasteiger partial charge in [-0.2, -0.15) is 4.37 Å². The molecule has 4 nitrogen and oxygen atoms in total. The SMILES string of the molecule is Nc1nsc(NCc2sccc2Br)c1-c1ccncc1. The van der Waals surface area contributed by atoms with Crippen molar-refractivity contribution in [2.45, 2.75) is 6.54 Å². The van der Waals surface area contributed by atoms with E-state index in [2.05, 4.69) is 36.0 Å². The third-order valence-corrected chi connectivity index (χ3v) is 5.53. The molecule has 102 valence electrons. The van der Waals surface area contributed by atoms with E-state index in [0.717, 1.165) is 27.1 Å². The van der Waals surface area contributed by atoms with Gasteiger partial charge in [0.25, 0.3) is 0 Å². The number of rotatable bonds is 4. The Morgan fingerprint density at radius 3 is 2.75 bits per heavy atom. The summed E-state index contributed by atoms with van der Waals surface area (Å²) in [5.74, 6) is 0.550. The minimum atomic E-state index is 0.550. The van der Waals surface area contributed by atoms with E-state index in [-0.39, 0.29) is 0 Å². The molecule has 0 saturated heterocycles. The highest BCUT2D eigenvalue weighted by atomic mass is 79.9. The summed E-state index contributed by atoms with van der Waals surface area (Å²) >= 11 is 6.63. The number of pyridine rings is 1. The molecule has 0 unspecified atom stereocenters. The molecule has 0 atom stereocenters. The van der Waals surface area contributed by atoms with Crippen LogP contribution >= 0.6 is 38.8 Å². The van der Waals surface area contributed by atoms with Crippen LogP contribution in [0.15, 0.2) is 40.4 Å². The largest absolute Gasteiger partial charge is 0.382 e. The van der Waals surface area contributed by atoms with Crippen molar-refractivity contribution < 1.29 is 0 Å². The van der Waals surface area contributed by atoms with E-state index in [1.54, 1.807) is 23.7 Å². The van der Waals surface area contributed by atoms with Gasteiger partial charge in [-0.05, 0) is 56.6 Å². The minimum absolute atomic E-state index is 0.550. The predicted octanol–water partition coefficient (Wildman–Crippen LogP) is 4.22. The van der Waals surface area contributed by atoms with Crippen LogP contribution in [0.5, 0.6) is 0 Å². The normalized spacial score (nSPS) is 10.7. The number of thiophene rings is 1. The molecule has 0 aliphatic rings. The first-order chi connectivity index (χ1) is 9.75. The van der Waals surface area contributed by atoms with Crippen molar-refractivity contribution in [3.63, 3.8) is 0 Å². The molecule has 3 aromatic rings. The van der Waals surface area contributed by atoms with Crippen LogP contribution in [-0.2, 0) is 6.54 Å². The van der Waals surface area contributed by atoms with Crippen LogP contribution in [-0.4, -0.2) is 9.36 Å². The number of nitrogens with two attached hydrogens (primary N) is 1. The third kappa shape index (κ3) is 2.70. The van der Waals surface area contributed by atoms with Gasteiger partial charge in [0, 0.05) is 21.7 Å². The number of anilines is 2. The second-order valence-corrected chi connectivity index (χ2v) is 6.68. The molecule has 7 heteroatoms. The van der Waals surface area contributed by atoms with Gasteiger partial charge in [-0.1, -0.05) is 0 Å². The van der Waals surface area contributed by atoms with Crippen molar-refractivity contribution in [1.29, 1.82) is 0 Å². The molecular formula is C13H11BrN4S2. The zero-order chi connectivity index (χ0) is 13.9. The van der Waals surface area contributed by atoms with Crippen LogP contribution < -0.4 is 11.1 Å². The Morgan fingerprint density at radius 2 is 2.05 bits per heavy atom. The van der Waals surface area contributed by atoms with Crippen molar-refractivity contribution in [2.24, 2.45) is 0 Å². The number of aromatic nitrogens is 2. The molecule has 3 rings (SSSR count). The van der Waals surface area contributed by atoms with E-state index < -0.39 is 0 Å². The average molecular weight is 367 g/mol. The van der Waals surface area contributed by atoms with Gasteiger partial charge in [0.05, 0.1) is 12.1 Å². The lowest BCUT2D eigenvalue weighted by Gasteiger charge is -2.06. The van der Waals surface area contributed by atoms with E-state index in [1.165, 1.54) is 16.4 Å². The van der Waals surface area contributed by atoms with Gasteiger partial charge in [0.2, 0.25) is 0 Å².